The Kier molecular flexibility index (Phi) is 2.77. The first-order chi connectivity index (χ1) is 7.67. The van der Waals surface area contributed by atoms with Crippen molar-refractivity contribution in [2.75, 3.05) is 0 Å². The molecule has 1 heterocycles. The number of aliphatic hydroxyl groups excluding tert-OH is 1. The highest BCUT2D eigenvalue weighted by atomic mass is 32.1. The first-order valence-corrected chi connectivity index (χ1v) is 5.56. The molecule has 0 aliphatic heterocycles. The van der Waals surface area contributed by atoms with Crippen molar-refractivity contribution in [3.05, 3.63) is 21.7 Å². The number of hydrogen-bond donors (Lipinski definition) is 2. The van der Waals surface area contributed by atoms with Gasteiger partial charge in [-0.05, 0) is 24.0 Å². The minimum Gasteiger partial charge on any atom is -0.411 e. The third-order valence-corrected chi connectivity index (χ3v) is 3.40. The molecule has 2 N–H and O–H groups in total. The molecule has 1 aliphatic carbocycles. The first-order valence-electron chi connectivity index (χ1n) is 4.68. The number of hydrogen-bond acceptors (Lipinski definition) is 5. The third kappa shape index (κ3) is 1.62. The largest absolute Gasteiger partial charge is 0.411 e. The highest BCUT2D eigenvalue weighted by molar-refractivity contribution is 7.10. The van der Waals surface area contributed by atoms with E-state index in [1.807, 2.05) is 5.38 Å². The fraction of sp³-hybridized carbons (Fsp3) is 0.273. The molecule has 0 aromatic carbocycles. The molecule has 2 rings (SSSR count). The summed E-state index contributed by atoms with van der Waals surface area (Å²) < 4.78 is 0. The van der Waals surface area contributed by atoms with Crippen LogP contribution in [0.3, 0.4) is 0 Å². The minimum absolute atomic E-state index is 0.350. The smallest absolute Gasteiger partial charge is 0.167 e. The topological polar surface area (TPSA) is 65.7 Å². The van der Waals surface area contributed by atoms with Gasteiger partial charge in [-0.3, -0.25) is 0 Å². The van der Waals surface area contributed by atoms with Crippen molar-refractivity contribution in [2.45, 2.75) is 19.4 Å². The van der Waals surface area contributed by atoms with E-state index in [-0.39, 0.29) is 0 Å². The molecule has 0 saturated heterocycles. The fourth-order valence-corrected chi connectivity index (χ4v) is 2.33. The van der Waals surface area contributed by atoms with Gasteiger partial charge in [0.25, 0.3) is 0 Å². The van der Waals surface area contributed by atoms with Gasteiger partial charge in [0, 0.05) is 11.8 Å². The van der Waals surface area contributed by atoms with Crippen LogP contribution in [0.5, 0.6) is 0 Å². The zero-order chi connectivity index (χ0) is 11.7. The van der Waals surface area contributed by atoms with Gasteiger partial charge in [0.2, 0.25) is 0 Å². The van der Waals surface area contributed by atoms with Crippen LogP contribution in [0.15, 0.2) is 16.1 Å². The van der Waals surface area contributed by atoms with E-state index in [1.165, 1.54) is 11.3 Å². The number of thiazole rings is 1. The lowest BCUT2D eigenvalue weighted by Crippen LogP contribution is -2.15. The van der Waals surface area contributed by atoms with Crippen molar-refractivity contribution >= 4 is 22.6 Å². The van der Waals surface area contributed by atoms with Crippen LogP contribution in [0, 0.1) is 12.3 Å². The van der Waals surface area contributed by atoms with E-state index in [2.05, 4.69) is 16.1 Å². The standard InChI is InChI=1S/C11H10N2O2S/c1-3-10-12-9(5-16-10)7-4-8(13-15)11(14)6(7)2/h1,5,11,14-15H,4H2,2H3/b13-8+. The molecule has 16 heavy (non-hydrogen) atoms. The van der Waals surface area contributed by atoms with E-state index in [4.69, 9.17) is 11.6 Å². The Morgan fingerprint density at radius 1 is 1.69 bits per heavy atom. The molecule has 0 bridgehead atoms. The molecule has 82 valence electrons. The maximum atomic E-state index is 9.74. The molecular weight excluding hydrogens is 224 g/mol. The van der Waals surface area contributed by atoms with Crippen LogP contribution < -0.4 is 0 Å². The van der Waals surface area contributed by atoms with Crippen LogP contribution >= 0.6 is 11.3 Å². The molecular formula is C11H10N2O2S. The second-order valence-corrected chi connectivity index (χ2v) is 4.37. The molecule has 0 amide bonds. The van der Waals surface area contributed by atoms with E-state index >= 15 is 0 Å². The highest BCUT2D eigenvalue weighted by Crippen LogP contribution is 2.32. The van der Waals surface area contributed by atoms with Gasteiger partial charge in [0.1, 0.15) is 6.10 Å². The average molecular weight is 234 g/mol. The van der Waals surface area contributed by atoms with Gasteiger partial charge < -0.3 is 10.3 Å². The summed E-state index contributed by atoms with van der Waals surface area (Å²) in [4.78, 5) is 4.24. The molecule has 0 radical (unpaired) electrons. The maximum Gasteiger partial charge on any atom is 0.167 e. The van der Waals surface area contributed by atoms with Gasteiger partial charge in [-0.25, -0.2) is 4.98 Å². The van der Waals surface area contributed by atoms with Crippen molar-refractivity contribution in [3.8, 4) is 12.3 Å². The van der Waals surface area contributed by atoms with Gasteiger partial charge in [0.15, 0.2) is 5.01 Å². The summed E-state index contributed by atoms with van der Waals surface area (Å²) in [6.45, 7) is 1.80. The number of allylic oxidation sites excluding steroid dienone is 1. The molecule has 1 unspecified atom stereocenters. The van der Waals surface area contributed by atoms with Crippen LogP contribution in [-0.2, 0) is 0 Å². The lowest BCUT2D eigenvalue weighted by molar-refractivity contribution is 0.262. The molecule has 1 atom stereocenters. The number of oxime groups is 1. The summed E-state index contributed by atoms with van der Waals surface area (Å²) in [6, 6.07) is 0. The van der Waals surface area contributed by atoms with Crippen molar-refractivity contribution in [2.24, 2.45) is 5.16 Å². The number of aliphatic hydroxyl groups is 1. The van der Waals surface area contributed by atoms with Crippen LogP contribution in [0.25, 0.3) is 5.57 Å². The Balaban J connectivity index is 2.39. The molecule has 5 heteroatoms. The zero-order valence-corrected chi connectivity index (χ0v) is 9.45. The predicted molar refractivity (Wildman–Crippen MR) is 62.5 cm³/mol. The van der Waals surface area contributed by atoms with Gasteiger partial charge in [-0.2, -0.15) is 0 Å². The monoisotopic (exact) mass is 234 g/mol. The first kappa shape index (κ1) is 10.9. The van der Waals surface area contributed by atoms with Crippen molar-refractivity contribution < 1.29 is 10.3 Å². The van der Waals surface area contributed by atoms with Crippen LogP contribution in [-0.4, -0.2) is 27.1 Å². The van der Waals surface area contributed by atoms with Crippen molar-refractivity contribution in [1.82, 2.24) is 4.98 Å². The molecule has 0 saturated carbocycles. The molecule has 0 spiro atoms. The SMILES string of the molecule is C#Cc1nc(C2=C(C)C(O)/C(=N/O)C2)cs1. The van der Waals surface area contributed by atoms with Crippen LogP contribution in [0.1, 0.15) is 24.0 Å². The summed E-state index contributed by atoms with van der Waals surface area (Å²) >= 11 is 1.38. The summed E-state index contributed by atoms with van der Waals surface area (Å²) in [7, 11) is 0. The minimum atomic E-state index is -0.809. The Bertz CT molecular complexity index is 522. The highest BCUT2D eigenvalue weighted by Gasteiger charge is 2.29. The summed E-state index contributed by atoms with van der Waals surface area (Å²) in [6.07, 6.45) is 4.85. The van der Waals surface area contributed by atoms with Crippen LogP contribution in [0.2, 0.25) is 0 Å². The Morgan fingerprint density at radius 2 is 2.44 bits per heavy atom. The lowest BCUT2D eigenvalue weighted by atomic mass is 10.1. The van der Waals surface area contributed by atoms with Gasteiger partial charge in [-0.1, -0.05) is 5.16 Å². The normalized spacial score (nSPS) is 22.8. The molecule has 0 fully saturated rings. The van der Waals surface area contributed by atoms with Gasteiger partial charge in [0.05, 0.1) is 11.4 Å². The number of rotatable bonds is 1. The molecule has 1 aromatic rings. The van der Waals surface area contributed by atoms with Crippen molar-refractivity contribution in [3.63, 3.8) is 0 Å². The van der Waals surface area contributed by atoms with Gasteiger partial charge >= 0.3 is 0 Å². The quantitative estimate of drug-likeness (QED) is 0.439. The second-order valence-electron chi connectivity index (χ2n) is 3.51. The number of nitrogens with zero attached hydrogens (tertiary/aromatic N) is 2. The van der Waals surface area contributed by atoms with Crippen molar-refractivity contribution in [1.29, 1.82) is 0 Å². The maximum absolute atomic E-state index is 9.74. The third-order valence-electron chi connectivity index (χ3n) is 2.62. The second kappa shape index (κ2) is 4.08. The number of terminal acetylenes is 1. The fourth-order valence-electron chi connectivity index (χ4n) is 1.69. The summed E-state index contributed by atoms with van der Waals surface area (Å²) in [5.41, 5.74) is 2.76. The molecule has 1 aromatic heterocycles. The molecule has 4 nitrogen and oxygen atoms in total. The molecule has 1 aliphatic rings. The van der Waals surface area contributed by atoms with E-state index in [0.717, 1.165) is 16.8 Å². The average Bonchev–Trinajstić information content (AvgIpc) is 2.86. The van der Waals surface area contributed by atoms with E-state index in [1.54, 1.807) is 6.92 Å². The Morgan fingerprint density at radius 3 is 2.94 bits per heavy atom. The zero-order valence-electron chi connectivity index (χ0n) is 8.64. The van der Waals surface area contributed by atoms with Crippen LogP contribution in [0.4, 0.5) is 0 Å². The number of aromatic nitrogens is 1. The summed E-state index contributed by atoms with van der Waals surface area (Å²) in [5, 5.41) is 24.0. The summed E-state index contributed by atoms with van der Waals surface area (Å²) in [5.74, 6) is 2.46. The predicted octanol–water partition coefficient (Wildman–Crippen LogP) is 1.49. The van der Waals surface area contributed by atoms with E-state index < -0.39 is 6.10 Å². The Labute approximate surface area is 97.0 Å². The Hall–Kier alpha value is -1.64. The van der Waals surface area contributed by atoms with Gasteiger partial charge in [-0.15, -0.1) is 17.8 Å². The van der Waals surface area contributed by atoms with E-state index in [0.29, 0.717) is 17.1 Å². The van der Waals surface area contributed by atoms with E-state index in [9.17, 15) is 5.11 Å². The lowest BCUT2D eigenvalue weighted by Gasteiger charge is -2.02.